The van der Waals surface area contributed by atoms with Crippen molar-refractivity contribution in [3.63, 3.8) is 0 Å². The summed E-state index contributed by atoms with van der Waals surface area (Å²) in [5, 5.41) is 0. The summed E-state index contributed by atoms with van der Waals surface area (Å²) < 4.78 is 0. The molecule has 0 saturated heterocycles. The van der Waals surface area contributed by atoms with Crippen molar-refractivity contribution in [3.05, 3.63) is 48.6 Å². The molecule has 0 radical (unpaired) electrons. The highest BCUT2D eigenvalue weighted by molar-refractivity contribution is 5.33. The molecule has 0 saturated carbocycles. The number of allylic oxidation sites excluding steroid dienone is 1. The molecule has 1 aromatic carbocycles. The van der Waals surface area contributed by atoms with Gasteiger partial charge in [0.2, 0.25) is 0 Å². The van der Waals surface area contributed by atoms with Crippen LogP contribution < -0.4 is 0 Å². The highest BCUT2D eigenvalue weighted by Crippen LogP contribution is 1.97. The highest BCUT2D eigenvalue weighted by atomic mass is 13.9. The summed E-state index contributed by atoms with van der Waals surface area (Å²) in [6.45, 7) is 3.62. The Kier molecular flexibility index (Phi) is 6.37. The standard InChI is InChI=1S/C16H16/c1-2-3-4-5-6-7-8-10-13-16-14-11-9-12-15-16/h2,9,11-12,14-15H,1,3,6-8H2. The molecule has 1 rings (SSSR count). The molecule has 0 aromatic heterocycles. The van der Waals surface area contributed by atoms with Crippen LogP contribution in [0.25, 0.3) is 0 Å². The summed E-state index contributed by atoms with van der Waals surface area (Å²) in [5.74, 6) is 12.4. The van der Waals surface area contributed by atoms with E-state index >= 15 is 0 Å². The first-order chi connectivity index (χ1) is 7.93. The van der Waals surface area contributed by atoms with Crippen molar-refractivity contribution >= 4 is 0 Å². The van der Waals surface area contributed by atoms with E-state index in [4.69, 9.17) is 0 Å². The topological polar surface area (TPSA) is 0 Å². The van der Waals surface area contributed by atoms with Crippen LogP contribution in [0.3, 0.4) is 0 Å². The van der Waals surface area contributed by atoms with Gasteiger partial charge in [0.15, 0.2) is 0 Å². The predicted molar refractivity (Wildman–Crippen MR) is 69.8 cm³/mol. The maximum Gasteiger partial charge on any atom is 0.0267 e. The van der Waals surface area contributed by atoms with Crippen molar-refractivity contribution in [3.8, 4) is 23.7 Å². The van der Waals surface area contributed by atoms with Crippen LogP contribution in [0.4, 0.5) is 0 Å². The Morgan fingerprint density at radius 3 is 2.50 bits per heavy atom. The third-order valence-corrected chi connectivity index (χ3v) is 1.98. The molecule has 0 unspecified atom stereocenters. The number of hydrogen-bond donors (Lipinski definition) is 0. The van der Waals surface area contributed by atoms with E-state index in [9.17, 15) is 0 Å². The van der Waals surface area contributed by atoms with E-state index in [1.807, 2.05) is 36.4 Å². The molecular formula is C16H16. The second kappa shape index (κ2) is 8.39. The summed E-state index contributed by atoms with van der Waals surface area (Å²) in [6.07, 6.45) is 5.50. The molecule has 0 fully saturated rings. The fourth-order valence-corrected chi connectivity index (χ4v) is 1.18. The van der Waals surface area contributed by atoms with Gasteiger partial charge in [-0.25, -0.2) is 0 Å². The summed E-state index contributed by atoms with van der Waals surface area (Å²) in [6, 6.07) is 10.1. The van der Waals surface area contributed by atoms with E-state index in [0.29, 0.717) is 0 Å². The van der Waals surface area contributed by atoms with Gasteiger partial charge in [-0.2, -0.15) is 0 Å². The fourth-order valence-electron chi connectivity index (χ4n) is 1.18. The lowest BCUT2D eigenvalue weighted by molar-refractivity contribution is 0.903. The van der Waals surface area contributed by atoms with Crippen molar-refractivity contribution < 1.29 is 0 Å². The molecule has 1 aromatic rings. The lowest BCUT2D eigenvalue weighted by Crippen LogP contribution is -1.73. The summed E-state index contributed by atoms with van der Waals surface area (Å²) >= 11 is 0. The number of hydrogen-bond acceptors (Lipinski definition) is 0. The molecule has 0 nitrogen and oxygen atoms in total. The van der Waals surface area contributed by atoms with E-state index in [1.165, 1.54) is 0 Å². The zero-order chi connectivity index (χ0) is 11.5. The van der Waals surface area contributed by atoms with E-state index in [2.05, 4.69) is 30.3 Å². The van der Waals surface area contributed by atoms with Gasteiger partial charge in [0.05, 0.1) is 0 Å². The highest BCUT2D eigenvalue weighted by Gasteiger charge is 1.82. The van der Waals surface area contributed by atoms with Crippen LogP contribution in [0.5, 0.6) is 0 Å². The first kappa shape index (κ1) is 12.2. The molecular weight excluding hydrogens is 192 g/mol. The van der Waals surface area contributed by atoms with E-state index in [-0.39, 0.29) is 0 Å². The maximum atomic E-state index is 3.62. The maximum absolute atomic E-state index is 3.62. The Hall–Kier alpha value is -1.92. The molecule has 0 bridgehead atoms. The minimum Gasteiger partial charge on any atom is -0.103 e. The van der Waals surface area contributed by atoms with E-state index in [0.717, 1.165) is 31.2 Å². The Bertz CT molecular complexity index is 418. The second-order valence-corrected chi connectivity index (χ2v) is 3.37. The molecule has 0 aliphatic carbocycles. The van der Waals surface area contributed by atoms with Gasteiger partial charge < -0.3 is 0 Å². The lowest BCUT2D eigenvalue weighted by Gasteiger charge is -1.87. The monoisotopic (exact) mass is 208 g/mol. The van der Waals surface area contributed by atoms with Gasteiger partial charge in [0, 0.05) is 24.8 Å². The Morgan fingerprint density at radius 2 is 1.75 bits per heavy atom. The number of rotatable bonds is 3. The van der Waals surface area contributed by atoms with Gasteiger partial charge >= 0.3 is 0 Å². The van der Waals surface area contributed by atoms with Gasteiger partial charge in [-0.15, -0.1) is 12.5 Å². The summed E-state index contributed by atoms with van der Waals surface area (Å²) in [7, 11) is 0. The second-order valence-electron chi connectivity index (χ2n) is 3.37. The first-order valence-corrected chi connectivity index (χ1v) is 5.54. The predicted octanol–water partition coefficient (Wildman–Crippen LogP) is 3.79. The Labute approximate surface area is 98.4 Å². The molecule has 0 heterocycles. The van der Waals surface area contributed by atoms with Crippen LogP contribution in [0, 0.1) is 23.7 Å². The average molecular weight is 208 g/mol. The van der Waals surface area contributed by atoms with Gasteiger partial charge in [-0.1, -0.05) is 42.0 Å². The van der Waals surface area contributed by atoms with Crippen LogP contribution in [-0.2, 0) is 0 Å². The van der Waals surface area contributed by atoms with Crippen LogP contribution in [0.1, 0.15) is 31.2 Å². The smallest absolute Gasteiger partial charge is 0.0267 e. The number of unbranched alkanes of at least 4 members (excludes halogenated alkanes) is 2. The molecule has 0 N–H and O–H groups in total. The van der Waals surface area contributed by atoms with Crippen LogP contribution >= 0.6 is 0 Å². The van der Waals surface area contributed by atoms with Gasteiger partial charge in [-0.05, 0) is 18.6 Å². The third-order valence-electron chi connectivity index (χ3n) is 1.98. The molecule has 0 spiro atoms. The van der Waals surface area contributed by atoms with E-state index in [1.54, 1.807) is 0 Å². The summed E-state index contributed by atoms with van der Waals surface area (Å²) in [4.78, 5) is 0. The minimum absolute atomic E-state index is 0.787. The first-order valence-electron chi connectivity index (χ1n) is 5.54. The molecule has 0 aliphatic rings. The van der Waals surface area contributed by atoms with Gasteiger partial charge in [0.1, 0.15) is 0 Å². The zero-order valence-electron chi connectivity index (χ0n) is 9.50. The normalized spacial score (nSPS) is 8.25. The van der Waals surface area contributed by atoms with Crippen molar-refractivity contribution in [1.29, 1.82) is 0 Å². The minimum atomic E-state index is 0.787. The van der Waals surface area contributed by atoms with Gasteiger partial charge in [0.25, 0.3) is 0 Å². The summed E-state index contributed by atoms with van der Waals surface area (Å²) in [5.41, 5.74) is 1.08. The molecule has 0 amide bonds. The Morgan fingerprint density at radius 1 is 1.00 bits per heavy atom. The lowest BCUT2D eigenvalue weighted by atomic mass is 10.2. The van der Waals surface area contributed by atoms with Crippen LogP contribution in [0.2, 0.25) is 0 Å². The molecule has 0 heteroatoms. The van der Waals surface area contributed by atoms with Crippen molar-refractivity contribution in [2.45, 2.75) is 25.7 Å². The molecule has 0 aliphatic heterocycles. The van der Waals surface area contributed by atoms with Crippen molar-refractivity contribution in [2.24, 2.45) is 0 Å². The van der Waals surface area contributed by atoms with E-state index < -0.39 is 0 Å². The van der Waals surface area contributed by atoms with Gasteiger partial charge in [-0.3, -0.25) is 0 Å². The number of benzene rings is 1. The molecule has 80 valence electrons. The fraction of sp³-hybridized carbons (Fsp3) is 0.250. The quantitative estimate of drug-likeness (QED) is 0.403. The zero-order valence-corrected chi connectivity index (χ0v) is 9.50. The molecule has 16 heavy (non-hydrogen) atoms. The van der Waals surface area contributed by atoms with Crippen LogP contribution in [0.15, 0.2) is 43.0 Å². The third kappa shape index (κ3) is 5.74. The average Bonchev–Trinajstić information content (AvgIpc) is 2.34. The van der Waals surface area contributed by atoms with Crippen molar-refractivity contribution in [2.75, 3.05) is 0 Å². The SMILES string of the molecule is C=CCC#CCCCC#Cc1ccccc1. The largest absolute Gasteiger partial charge is 0.103 e. The molecule has 0 atom stereocenters. The van der Waals surface area contributed by atoms with Crippen LogP contribution in [-0.4, -0.2) is 0 Å². The Balaban J connectivity index is 2.19. The van der Waals surface area contributed by atoms with Crippen molar-refractivity contribution in [1.82, 2.24) is 0 Å².